The molecule has 0 fully saturated rings. The summed E-state index contributed by atoms with van der Waals surface area (Å²) in [5.41, 5.74) is 0. The average Bonchev–Trinajstić information content (AvgIpc) is 2.42. The zero-order valence-electron chi connectivity index (χ0n) is 14.1. The molecule has 0 aliphatic carbocycles. The summed E-state index contributed by atoms with van der Waals surface area (Å²) in [6, 6.07) is 0. The van der Waals surface area contributed by atoms with E-state index in [9.17, 15) is 0 Å². The summed E-state index contributed by atoms with van der Waals surface area (Å²) >= 11 is 0. The molecule has 130 valence electrons. The number of aliphatic hydroxyl groups excluding tert-OH is 3. The monoisotopic (exact) mass is 310 g/mol. The summed E-state index contributed by atoms with van der Waals surface area (Å²) in [6.07, 6.45) is -0.286. The second-order valence-electron chi connectivity index (χ2n) is 5.52. The standard InChI is InChI=1S/C13H28O4.C2H6O2/c1-10(2)6-16-13(5)9-17-12(4)8-15-7-11(3)14;3-1-2-4/h10-14H,6-9H2,1-5H3;3-4H,1-2H2. The Morgan fingerprint density at radius 1 is 0.714 bits per heavy atom. The number of hydrogen-bond donors (Lipinski definition) is 3. The van der Waals surface area contributed by atoms with Crippen molar-refractivity contribution in [2.75, 3.05) is 39.6 Å². The van der Waals surface area contributed by atoms with Gasteiger partial charge in [-0.25, -0.2) is 0 Å². The minimum absolute atomic E-state index is 0.0267. The quantitative estimate of drug-likeness (QED) is 0.524. The second-order valence-corrected chi connectivity index (χ2v) is 5.52. The van der Waals surface area contributed by atoms with Crippen LogP contribution >= 0.6 is 0 Å². The topological polar surface area (TPSA) is 88.4 Å². The van der Waals surface area contributed by atoms with Gasteiger partial charge in [-0.2, -0.15) is 0 Å². The fourth-order valence-electron chi connectivity index (χ4n) is 1.16. The van der Waals surface area contributed by atoms with Crippen molar-refractivity contribution in [3.05, 3.63) is 0 Å². The molecule has 0 aliphatic rings. The lowest BCUT2D eigenvalue weighted by Gasteiger charge is -2.19. The van der Waals surface area contributed by atoms with E-state index >= 15 is 0 Å². The molecule has 0 heterocycles. The number of ether oxygens (including phenoxy) is 3. The molecule has 0 aromatic rings. The summed E-state index contributed by atoms with van der Waals surface area (Å²) in [4.78, 5) is 0. The molecule has 0 bridgehead atoms. The van der Waals surface area contributed by atoms with Crippen LogP contribution in [0.25, 0.3) is 0 Å². The van der Waals surface area contributed by atoms with Crippen LogP contribution in [0.4, 0.5) is 0 Å². The summed E-state index contributed by atoms with van der Waals surface area (Å²) in [5, 5.41) is 24.3. The molecule has 0 amide bonds. The van der Waals surface area contributed by atoms with E-state index in [1.807, 2.05) is 13.8 Å². The minimum atomic E-state index is -0.421. The Balaban J connectivity index is 0. The fourth-order valence-corrected chi connectivity index (χ4v) is 1.16. The van der Waals surface area contributed by atoms with E-state index in [4.69, 9.17) is 29.5 Å². The van der Waals surface area contributed by atoms with Crippen molar-refractivity contribution in [3.8, 4) is 0 Å². The van der Waals surface area contributed by atoms with E-state index < -0.39 is 6.10 Å². The lowest BCUT2D eigenvalue weighted by molar-refractivity contribution is -0.0682. The molecule has 6 nitrogen and oxygen atoms in total. The summed E-state index contributed by atoms with van der Waals surface area (Å²) in [6.45, 7) is 11.9. The average molecular weight is 310 g/mol. The van der Waals surface area contributed by atoms with Crippen LogP contribution in [-0.4, -0.2) is 73.3 Å². The highest BCUT2D eigenvalue weighted by molar-refractivity contribution is 4.54. The molecular weight excluding hydrogens is 276 g/mol. The van der Waals surface area contributed by atoms with Crippen LogP contribution in [0.15, 0.2) is 0 Å². The van der Waals surface area contributed by atoms with Crippen molar-refractivity contribution in [2.24, 2.45) is 5.92 Å². The van der Waals surface area contributed by atoms with Gasteiger partial charge in [0.05, 0.1) is 51.3 Å². The van der Waals surface area contributed by atoms with Crippen LogP contribution in [0.3, 0.4) is 0 Å². The van der Waals surface area contributed by atoms with Crippen LogP contribution in [0, 0.1) is 5.92 Å². The van der Waals surface area contributed by atoms with Gasteiger partial charge in [-0.3, -0.25) is 0 Å². The number of hydrogen-bond acceptors (Lipinski definition) is 6. The van der Waals surface area contributed by atoms with Gasteiger partial charge in [0.1, 0.15) is 0 Å². The molecule has 0 saturated heterocycles. The Bertz CT molecular complexity index is 197. The van der Waals surface area contributed by atoms with Gasteiger partial charge >= 0.3 is 0 Å². The van der Waals surface area contributed by atoms with Crippen molar-refractivity contribution in [1.29, 1.82) is 0 Å². The Labute approximate surface area is 129 Å². The van der Waals surface area contributed by atoms with Crippen LogP contribution < -0.4 is 0 Å². The molecule has 0 spiro atoms. The fraction of sp³-hybridized carbons (Fsp3) is 1.00. The van der Waals surface area contributed by atoms with Crippen LogP contribution in [-0.2, 0) is 14.2 Å². The lowest BCUT2D eigenvalue weighted by Crippen LogP contribution is -2.25. The molecule has 0 rings (SSSR count). The summed E-state index contributed by atoms with van der Waals surface area (Å²) < 4.78 is 16.4. The predicted octanol–water partition coefficient (Wildman–Crippen LogP) is 0.821. The van der Waals surface area contributed by atoms with Crippen molar-refractivity contribution in [2.45, 2.75) is 52.9 Å². The largest absolute Gasteiger partial charge is 0.394 e. The van der Waals surface area contributed by atoms with Gasteiger partial charge in [0.15, 0.2) is 0 Å². The highest BCUT2D eigenvalue weighted by Crippen LogP contribution is 2.01. The molecule has 6 heteroatoms. The van der Waals surface area contributed by atoms with E-state index in [0.29, 0.717) is 25.7 Å². The van der Waals surface area contributed by atoms with Gasteiger partial charge in [-0.1, -0.05) is 13.8 Å². The van der Waals surface area contributed by atoms with Crippen LogP contribution in [0.1, 0.15) is 34.6 Å². The third-order valence-corrected chi connectivity index (χ3v) is 2.14. The third kappa shape index (κ3) is 22.2. The molecular formula is C15H34O6. The van der Waals surface area contributed by atoms with Gasteiger partial charge < -0.3 is 29.5 Å². The van der Waals surface area contributed by atoms with Gasteiger partial charge in [-0.15, -0.1) is 0 Å². The summed E-state index contributed by atoms with van der Waals surface area (Å²) in [5.74, 6) is 0.546. The zero-order valence-corrected chi connectivity index (χ0v) is 14.1. The van der Waals surface area contributed by atoms with E-state index in [-0.39, 0.29) is 25.4 Å². The number of rotatable bonds is 11. The van der Waals surface area contributed by atoms with Crippen LogP contribution in [0.2, 0.25) is 0 Å². The summed E-state index contributed by atoms with van der Waals surface area (Å²) in [7, 11) is 0. The maximum Gasteiger partial charge on any atom is 0.0781 e. The highest BCUT2D eigenvalue weighted by Gasteiger charge is 2.08. The molecule has 0 aliphatic heterocycles. The van der Waals surface area contributed by atoms with Crippen LogP contribution in [0.5, 0.6) is 0 Å². The van der Waals surface area contributed by atoms with Crippen molar-refractivity contribution in [1.82, 2.24) is 0 Å². The zero-order chi connectivity index (χ0) is 16.7. The Morgan fingerprint density at radius 2 is 1.19 bits per heavy atom. The highest BCUT2D eigenvalue weighted by atomic mass is 16.6. The van der Waals surface area contributed by atoms with Gasteiger partial charge in [-0.05, 0) is 26.7 Å². The van der Waals surface area contributed by atoms with Gasteiger partial charge in [0, 0.05) is 6.61 Å². The Kier molecular flexibility index (Phi) is 17.7. The SMILES string of the molecule is CC(C)COC(C)COC(C)COCC(C)O.OCCO. The first-order valence-corrected chi connectivity index (χ1v) is 7.54. The molecule has 0 aromatic carbocycles. The third-order valence-electron chi connectivity index (χ3n) is 2.14. The minimum Gasteiger partial charge on any atom is -0.394 e. The lowest BCUT2D eigenvalue weighted by atomic mass is 10.2. The molecule has 3 atom stereocenters. The second kappa shape index (κ2) is 16.1. The Hall–Kier alpha value is -0.240. The molecule has 3 N–H and O–H groups in total. The van der Waals surface area contributed by atoms with Crippen molar-refractivity contribution >= 4 is 0 Å². The molecule has 3 unspecified atom stereocenters. The number of aliphatic hydroxyl groups is 3. The van der Waals surface area contributed by atoms with E-state index in [1.165, 1.54) is 0 Å². The first-order chi connectivity index (χ1) is 9.83. The molecule has 0 saturated carbocycles. The maximum atomic E-state index is 9.02. The first-order valence-electron chi connectivity index (χ1n) is 7.54. The van der Waals surface area contributed by atoms with Gasteiger partial charge in [0.2, 0.25) is 0 Å². The smallest absolute Gasteiger partial charge is 0.0781 e. The van der Waals surface area contributed by atoms with Crippen molar-refractivity contribution < 1.29 is 29.5 Å². The molecule has 0 aromatic heterocycles. The van der Waals surface area contributed by atoms with E-state index in [2.05, 4.69) is 13.8 Å². The van der Waals surface area contributed by atoms with Crippen molar-refractivity contribution in [3.63, 3.8) is 0 Å². The molecule has 0 radical (unpaired) electrons. The maximum absolute atomic E-state index is 9.02. The first kappa shape index (κ1) is 23.0. The molecule has 21 heavy (non-hydrogen) atoms. The normalized spacial score (nSPS) is 15.3. The Morgan fingerprint density at radius 3 is 1.62 bits per heavy atom. The predicted molar refractivity (Wildman–Crippen MR) is 82.3 cm³/mol. The van der Waals surface area contributed by atoms with Gasteiger partial charge in [0.25, 0.3) is 0 Å². The van der Waals surface area contributed by atoms with E-state index in [0.717, 1.165) is 6.61 Å². The van der Waals surface area contributed by atoms with E-state index in [1.54, 1.807) is 6.92 Å².